The summed E-state index contributed by atoms with van der Waals surface area (Å²) in [6, 6.07) is 12.1. The third-order valence-corrected chi connectivity index (χ3v) is 4.85. The summed E-state index contributed by atoms with van der Waals surface area (Å²) in [5.41, 5.74) is 1.73. The Morgan fingerprint density at radius 3 is 2.43 bits per heavy atom. The van der Waals surface area contributed by atoms with E-state index in [0.29, 0.717) is 28.1 Å². The number of hydrogen-bond acceptors (Lipinski definition) is 8. The first-order chi connectivity index (χ1) is 14.5. The van der Waals surface area contributed by atoms with E-state index in [1.807, 2.05) is 6.07 Å². The zero-order chi connectivity index (χ0) is 21.5. The highest BCUT2D eigenvalue weighted by molar-refractivity contribution is 7.14. The van der Waals surface area contributed by atoms with Gasteiger partial charge in [0.25, 0.3) is 5.91 Å². The van der Waals surface area contributed by atoms with Gasteiger partial charge in [0.2, 0.25) is 0 Å². The molecule has 1 amide bonds. The first-order valence-corrected chi connectivity index (χ1v) is 9.71. The van der Waals surface area contributed by atoms with Crippen molar-refractivity contribution < 1.29 is 28.5 Å². The molecule has 0 aliphatic rings. The summed E-state index contributed by atoms with van der Waals surface area (Å²) in [4.78, 5) is 28.7. The molecule has 3 aromatic rings. The van der Waals surface area contributed by atoms with Crippen LogP contribution in [0.2, 0.25) is 0 Å². The van der Waals surface area contributed by atoms with E-state index in [4.69, 9.17) is 18.9 Å². The standard InChI is InChI=1S/C21H20N2O6S/c1-26-16-7-5-4-6-14(16)20(25)29-11-19(24)23-21-22-15(12-30-21)13-8-9-17(27-2)18(10-13)28-3/h4-10,12H,11H2,1-3H3,(H,22,23,24). The van der Waals surface area contributed by atoms with Crippen molar-refractivity contribution >= 4 is 28.3 Å². The maximum Gasteiger partial charge on any atom is 0.342 e. The Balaban J connectivity index is 1.60. The van der Waals surface area contributed by atoms with E-state index in [1.165, 1.54) is 18.4 Å². The Morgan fingerprint density at radius 2 is 1.70 bits per heavy atom. The van der Waals surface area contributed by atoms with Crippen molar-refractivity contribution in [2.75, 3.05) is 33.3 Å². The van der Waals surface area contributed by atoms with Crippen molar-refractivity contribution in [2.24, 2.45) is 0 Å². The third-order valence-electron chi connectivity index (χ3n) is 4.09. The molecule has 1 aromatic heterocycles. The summed E-state index contributed by atoms with van der Waals surface area (Å²) in [6.45, 7) is -0.442. The molecule has 3 rings (SSSR count). The second kappa shape index (κ2) is 9.75. The molecule has 2 aromatic carbocycles. The number of methoxy groups -OCH3 is 3. The number of aromatic nitrogens is 1. The first-order valence-electron chi connectivity index (χ1n) is 8.83. The third kappa shape index (κ3) is 4.87. The smallest absolute Gasteiger partial charge is 0.342 e. The van der Waals surface area contributed by atoms with Gasteiger partial charge in [-0.15, -0.1) is 11.3 Å². The molecule has 0 aliphatic heterocycles. The highest BCUT2D eigenvalue weighted by Crippen LogP contribution is 2.33. The second-order valence-electron chi connectivity index (χ2n) is 5.93. The number of thiazole rings is 1. The lowest BCUT2D eigenvalue weighted by Crippen LogP contribution is -2.21. The van der Waals surface area contributed by atoms with Crippen molar-refractivity contribution in [3.05, 3.63) is 53.4 Å². The zero-order valence-corrected chi connectivity index (χ0v) is 17.4. The van der Waals surface area contributed by atoms with Crippen molar-refractivity contribution in [3.63, 3.8) is 0 Å². The number of carbonyl (C=O) groups excluding carboxylic acids is 2. The predicted octanol–water partition coefficient (Wildman–Crippen LogP) is 3.63. The number of ether oxygens (including phenoxy) is 4. The number of esters is 1. The van der Waals surface area contributed by atoms with Crippen LogP contribution in [0.3, 0.4) is 0 Å². The molecule has 9 heteroatoms. The van der Waals surface area contributed by atoms with E-state index in [0.717, 1.165) is 5.56 Å². The largest absolute Gasteiger partial charge is 0.496 e. The monoisotopic (exact) mass is 428 g/mol. The number of nitrogens with one attached hydrogen (secondary N) is 1. The van der Waals surface area contributed by atoms with Gasteiger partial charge in [0.05, 0.1) is 27.0 Å². The topological polar surface area (TPSA) is 96.0 Å². The number of para-hydroxylation sites is 1. The summed E-state index contributed by atoms with van der Waals surface area (Å²) in [5, 5.41) is 4.81. The molecule has 0 fully saturated rings. The van der Waals surface area contributed by atoms with Crippen LogP contribution in [0.1, 0.15) is 10.4 Å². The van der Waals surface area contributed by atoms with E-state index in [2.05, 4.69) is 10.3 Å². The van der Waals surface area contributed by atoms with Gasteiger partial charge in [-0.25, -0.2) is 9.78 Å². The number of benzene rings is 2. The summed E-state index contributed by atoms with van der Waals surface area (Å²) < 4.78 is 20.7. The molecule has 1 heterocycles. The molecule has 0 aliphatic carbocycles. The normalized spacial score (nSPS) is 10.2. The lowest BCUT2D eigenvalue weighted by Gasteiger charge is -2.08. The van der Waals surface area contributed by atoms with E-state index in [9.17, 15) is 9.59 Å². The van der Waals surface area contributed by atoms with E-state index in [1.54, 1.807) is 56.0 Å². The van der Waals surface area contributed by atoms with Gasteiger partial charge in [0, 0.05) is 10.9 Å². The highest BCUT2D eigenvalue weighted by Gasteiger charge is 2.16. The quantitative estimate of drug-likeness (QED) is 0.547. The first kappa shape index (κ1) is 21.1. The average molecular weight is 428 g/mol. The molecular weight excluding hydrogens is 408 g/mol. The zero-order valence-electron chi connectivity index (χ0n) is 16.6. The summed E-state index contributed by atoms with van der Waals surface area (Å²) in [6.07, 6.45) is 0. The van der Waals surface area contributed by atoms with Crippen molar-refractivity contribution in [1.29, 1.82) is 0 Å². The van der Waals surface area contributed by atoms with Crippen molar-refractivity contribution in [1.82, 2.24) is 4.98 Å². The van der Waals surface area contributed by atoms with Crippen LogP contribution >= 0.6 is 11.3 Å². The van der Waals surface area contributed by atoms with Crippen molar-refractivity contribution in [3.8, 4) is 28.5 Å². The van der Waals surface area contributed by atoms with Gasteiger partial charge >= 0.3 is 5.97 Å². The Kier molecular flexibility index (Phi) is 6.87. The molecule has 8 nitrogen and oxygen atoms in total. The molecule has 0 atom stereocenters. The molecule has 0 spiro atoms. The van der Waals surface area contributed by atoms with Gasteiger partial charge in [-0.05, 0) is 30.3 Å². The molecule has 0 radical (unpaired) electrons. The van der Waals surface area contributed by atoms with Gasteiger partial charge in [-0.1, -0.05) is 12.1 Å². The van der Waals surface area contributed by atoms with Gasteiger partial charge in [0.1, 0.15) is 11.3 Å². The van der Waals surface area contributed by atoms with E-state index >= 15 is 0 Å². The molecule has 156 valence electrons. The molecule has 0 unspecified atom stereocenters. The summed E-state index contributed by atoms with van der Waals surface area (Å²) >= 11 is 1.26. The number of amides is 1. The molecule has 0 bridgehead atoms. The van der Waals surface area contributed by atoms with Crippen LogP contribution in [0.25, 0.3) is 11.3 Å². The van der Waals surface area contributed by atoms with Crippen LogP contribution in [-0.2, 0) is 9.53 Å². The molecule has 0 saturated carbocycles. The molecule has 30 heavy (non-hydrogen) atoms. The summed E-state index contributed by atoms with van der Waals surface area (Å²) in [7, 11) is 4.58. The SMILES string of the molecule is COc1ccc(-c2csc(NC(=O)COC(=O)c3ccccc3OC)n2)cc1OC. The number of rotatable bonds is 8. The minimum atomic E-state index is -0.646. The average Bonchev–Trinajstić information content (AvgIpc) is 3.25. The minimum Gasteiger partial charge on any atom is -0.496 e. The Hall–Kier alpha value is -3.59. The van der Waals surface area contributed by atoms with Crippen LogP contribution in [0.15, 0.2) is 47.8 Å². The fraction of sp³-hybridized carbons (Fsp3) is 0.190. The van der Waals surface area contributed by atoms with Gasteiger partial charge in [0.15, 0.2) is 23.2 Å². The van der Waals surface area contributed by atoms with Crippen LogP contribution in [0.5, 0.6) is 17.2 Å². The fourth-order valence-corrected chi connectivity index (χ4v) is 3.37. The van der Waals surface area contributed by atoms with Crippen LogP contribution in [-0.4, -0.2) is 44.8 Å². The van der Waals surface area contributed by atoms with Crippen LogP contribution < -0.4 is 19.5 Å². The number of carbonyl (C=O) groups is 2. The highest BCUT2D eigenvalue weighted by atomic mass is 32.1. The number of nitrogens with zero attached hydrogens (tertiary/aromatic N) is 1. The van der Waals surface area contributed by atoms with Gasteiger partial charge in [-0.3, -0.25) is 10.1 Å². The van der Waals surface area contributed by atoms with Gasteiger partial charge < -0.3 is 18.9 Å². The minimum absolute atomic E-state index is 0.248. The molecule has 0 saturated heterocycles. The van der Waals surface area contributed by atoms with Gasteiger partial charge in [-0.2, -0.15) is 0 Å². The van der Waals surface area contributed by atoms with E-state index < -0.39 is 18.5 Å². The molecule has 1 N–H and O–H groups in total. The van der Waals surface area contributed by atoms with Crippen LogP contribution in [0, 0.1) is 0 Å². The lowest BCUT2D eigenvalue weighted by atomic mass is 10.1. The van der Waals surface area contributed by atoms with Crippen molar-refractivity contribution in [2.45, 2.75) is 0 Å². The predicted molar refractivity (Wildman–Crippen MR) is 113 cm³/mol. The van der Waals surface area contributed by atoms with Crippen LogP contribution in [0.4, 0.5) is 5.13 Å². The molecular formula is C21H20N2O6S. The Bertz CT molecular complexity index is 1050. The lowest BCUT2D eigenvalue weighted by molar-refractivity contribution is -0.119. The number of hydrogen-bond donors (Lipinski definition) is 1. The maximum absolute atomic E-state index is 12.2. The Labute approximate surface area is 177 Å². The summed E-state index contributed by atoms with van der Waals surface area (Å²) in [5.74, 6) is 0.431. The fourth-order valence-electron chi connectivity index (χ4n) is 2.64. The number of anilines is 1. The Morgan fingerprint density at radius 1 is 0.967 bits per heavy atom. The maximum atomic E-state index is 12.2. The second-order valence-corrected chi connectivity index (χ2v) is 6.79. The van der Waals surface area contributed by atoms with E-state index in [-0.39, 0.29) is 5.56 Å².